The summed E-state index contributed by atoms with van der Waals surface area (Å²) in [5.41, 5.74) is 0. The number of allylic oxidation sites excluding steroid dienone is 4. The topological polar surface area (TPSA) is 189 Å². The summed E-state index contributed by atoms with van der Waals surface area (Å²) in [6, 6.07) is -1.19. The van der Waals surface area contributed by atoms with Crippen LogP contribution in [0.4, 0.5) is 0 Å². The van der Waals surface area contributed by atoms with Crippen LogP contribution in [0.15, 0.2) is 24.3 Å². The monoisotopic (exact) mass is 1040 g/mol. The maximum absolute atomic E-state index is 13.2. The lowest BCUT2D eigenvalue weighted by Gasteiger charge is -2.40. The highest BCUT2D eigenvalue weighted by atomic mass is 16.7. The van der Waals surface area contributed by atoms with Gasteiger partial charge in [-0.2, -0.15) is 0 Å². The van der Waals surface area contributed by atoms with Crippen molar-refractivity contribution in [2.24, 2.45) is 0 Å². The van der Waals surface area contributed by atoms with Crippen molar-refractivity contribution in [1.29, 1.82) is 0 Å². The first-order valence-electron chi connectivity index (χ1n) is 31.2. The summed E-state index contributed by atoms with van der Waals surface area (Å²) in [7, 11) is 0. The predicted molar refractivity (Wildman–Crippen MR) is 302 cm³/mol. The summed E-state index contributed by atoms with van der Waals surface area (Å²) >= 11 is 0. The molecule has 1 heterocycles. The van der Waals surface area contributed by atoms with E-state index in [0.29, 0.717) is 12.8 Å². The van der Waals surface area contributed by atoms with Crippen molar-refractivity contribution in [2.75, 3.05) is 13.2 Å². The van der Waals surface area contributed by atoms with E-state index < -0.39 is 74.2 Å². The van der Waals surface area contributed by atoms with E-state index in [1.54, 1.807) is 0 Å². The van der Waals surface area contributed by atoms with Crippen molar-refractivity contribution in [3.63, 3.8) is 0 Å². The Hall–Kier alpha value is -1.41. The molecule has 9 atom stereocenters. The number of aliphatic hydroxyl groups is 7. The molecule has 1 fully saturated rings. The Balaban J connectivity index is 2.29. The van der Waals surface area contributed by atoms with E-state index in [2.05, 4.69) is 43.5 Å². The molecule has 0 aliphatic carbocycles. The number of hydrogen-bond acceptors (Lipinski definition) is 10. The van der Waals surface area contributed by atoms with Gasteiger partial charge in [-0.05, 0) is 64.2 Å². The largest absolute Gasteiger partial charge is 0.394 e. The standard InChI is InChI=1S/C62H119NO10/c1-3-5-7-9-11-13-15-17-19-21-23-25-26-27-28-29-30-32-33-35-37-39-41-43-45-47-49-54(65)57(67)53(52-72-62-60(70)59(69)58(68)56(51-64)73-62)63-61(71)55(66)50-48-46-44-42-40-38-36-34-31-24-22-20-18-16-14-12-10-8-6-4-2/h31,34,41,43,53-60,62,64-70H,3-30,32-33,35-40,42,44-52H2,1-2H3,(H,63,71)/b34-31-,43-41+. The number of amides is 1. The summed E-state index contributed by atoms with van der Waals surface area (Å²) in [4.78, 5) is 13.2. The van der Waals surface area contributed by atoms with Crippen molar-refractivity contribution >= 4 is 5.91 Å². The molecule has 1 aliphatic rings. The summed E-state index contributed by atoms with van der Waals surface area (Å²) in [5.74, 6) is -0.707. The SMILES string of the molecule is CCCCCCCCCCCC/C=C\CCCCCCCCC(O)C(=O)NC(COC1OC(CO)C(O)C(O)C1O)C(O)C(O)CCC/C=C/CCCCCCCCCCCCCCCCCCCCCCC. The minimum Gasteiger partial charge on any atom is -0.394 e. The second kappa shape index (κ2) is 51.4. The fourth-order valence-electron chi connectivity index (χ4n) is 10.1. The van der Waals surface area contributed by atoms with Gasteiger partial charge in [-0.15, -0.1) is 0 Å². The van der Waals surface area contributed by atoms with Crippen LogP contribution in [0.5, 0.6) is 0 Å². The van der Waals surface area contributed by atoms with Crippen molar-refractivity contribution in [3.8, 4) is 0 Å². The molecule has 1 aliphatic heterocycles. The van der Waals surface area contributed by atoms with Crippen molar-refractivity contribution in [1.82, 2.24) is 5.32 Å². The third-order valence-electron chi connectivity index (χ3n) is 15.2. The molecular formula is C62H119NO10. The highest BCUT2D eigenvalue weighted by molar-refractivity contribution is 5.80. The predicted octanol–water partition coefficient (Wildman–Crippen LogP) is 13.7. The number of hydrogen-bond donors (Lipinski definition) is 8. The van der Waals surface area contributed by atoms with Gasteiger partial charge in [-0.1, -0.05) is 256 Å². The third-order valence-corrected chi connectivity index (χ3v) is 15.2. The van der Waals surface area contributed by atoms with Crippen LogP contribution in [-0.2, 0) is 14.3 Å². The van der Waals surface area contributed by atoms with E-state index in [-0.39, 0.29) is 12.8 Å². The Bertz CT molecular complexity index is 1240. The Kier molecular flexibility index (Phi) is 49.0. The Morgan fingerprint density at radius 1 is 0.466 bits per heavy atom. The second-order valence-electron chi connectivity index (χ2n) is 22.1. The number of carbonyl (C=O) groups excluding carboxylic acids is 1. The molecule has 11 heteroatoms. The van der Waals surface area contributed by atoms with E-state index in [0.717, 1.165) is 57.8 Å². The highest BCUT2D eigenvalue weighted by Crippen LogP contribution is 2.23. The fourth-order valence-corrected chi connectivity index (χ4v) is 10.1. The zero-order valence-electron chi connectivity index (χ0n) is 47.4. The normalized spacial score (nSPS) is 20.0. The molecule has 73 heavy (non-hydrogen) atoms. The van der Waals surface area contributed by atoms with Gasteiger partial charge in [0.15, 0.2) is 6.29 Å². The van der Waals surface area contributed by atoms with Crippen LogP contribution in [0.3, 0.4) is 0 Å². The van der Waals surface area contributed by atoms with Gasteiger partial charge in [0, 0.05) is 0 Å². The lowest BCUT2D eigenvalue weighted by atomic mass is 9.98. The van der Waals surface area contributed by atoms with Gasteiger partial charge in [0.1, 0.15) is 36.6 Å². The zero-order valence-corrected chi connectivity index (χ0v) is 47.4. The Morgan fingerprint density at radius 2 is 0.808 bits per heavy atom. The van der Waals surface area contributed by atoms with Crippen LogP contribution >= 0.6 is 0 Å². The lowest BCUT2D eigenvalue weighted by Crippen LogP contribution is -2.60. The van der Waals surface area contributed by atoms with E-state index in [1.165, 1.54) is 199 Å². The maximum Gasteiger partial charge on any atom is 0.249 e. The van der Waals surface area contributed by atoms with Gasteiger partial charge in [-0.25, -0.2) is 0 Å². The van der Waals surface area contributed by atoms with Gasteiger partial charge >= 0.3 is 0 Å². The Labute approximate surface area is 448 Å². The molecule has 1 rings (SSSR count). The van der Waals surface area contributed by atoms with Gasteiger partial charge in [-0.3, -0.25) is 4.79 Å². The first-order valence-corrected chi connectivity index (χ1v) is 31.2. The minimum absolute atomic E-state index is 0.248. The van der Waals surface area contributed by atoms with Crippen LogP contribution in [-0.4, -0.2) is 110 Å². The molecule has 9 unspecified atom stereocenters. The molecule has 432 valence electrons. The van der Waals surface area contributed by atoms with E-state index in [4.69, 9.17) is 9.47 Å². The van der Waals surface area contributed by atoms with Crippen LogP contribution in [0, 0.1) is 0 Å². The smallest absolute Gasteiger partial charge is 0.249 e. The quantitative estimate of drug-likeness (QED) is 0.0215. The van der Waals surface area contributed by atoms with E-state index >= 15 is 0 Å². The number of aliphatic hydroxyl groups excluding tert-OH is 7. The molecule has 0 bridgehead atoms. The molecule has 1 saturated heterocycles. The van der Waals surface area contributed by atoms with Crippen molar-refractivity contribution in [2.45, 2.75) is 351 Å². The molecule has 1 amide bonds. The third kappa shape index (κ3) is 39.6. The Morgan fingerprint density at radius 3 is 1.18 bits per heavy atom. The molecule has 0 radical (unpaired) electrons. The minimum atomic E-state index is -1.67. The van der Waals surface area contributed by atoms with Gasteiger partial charge in [0.25, 0.3) is 0 Å². The molecule has 0 aromatic rings. The van der Waals surface area contributed by atoms with E-state index in [1.807, 2.05) is 0 Å². The zero-order chi connectivity index (χ0) is 53.3. The number of carbonyl (C=O) groups is 1. The fraction of sp³-hybridized carbons (Fsp3) is 0.919. The first kappa shape index (κ1) is 69.6. The molecule has 0 aromatic heterocycles. The number of rotatable bonds is 54. The van der Waals surface area contributed by atoms with Gasteiger partial charge < -0.3 is 50.5 Å². The molecular weight excluding hydrogens is 919 g/mol. The summed E-state index contributed by atoms with van der Waals surface area (Å²) < 4.78 is 11.2. The molecule has 0 spiro atoms. The maximum atomic E-state index is 13.2. The summed E-state index contributed by atoms with van der Waals surface area (Å²) in [6.07, 6.45) is 51.0. The average molecular weight is 1040 g/mol. The van der Waals surface area contributed by atoms with Crippen LogP contribution < -0.4 is 5.32 Å². The van der Waals surface area contributed by atoms with Crippen LogP contribution in [0.2, 0.25) is 0 Å². The lowest BCUT2D eigenvalue weighted by molar-refractivity contribution is -0.303. The van der Waals surface area contributed by atoms with Crippen LogP contribution in [0.1, 0.15) is 296 Å². The molecule has 0 aromatic carbocycles. The summed E-state index contributed by atoms with van der Waals surface area (Å²) in [6.45, 7) is 3.48. The summed E-state index contributed by atoms with van der Waals surface area (Å²) in [5, 5.41) is 76.2. The second-order valence-corrected chi connectivity index (χ2v) is 22.1. The number of ether oxygens (including phenoxy) is 2. The van der Waals surface area contributed by atoms with E-state index in [9.17, 15) is 40.5 Å². The number of unbranched alkanes of at least 4 members (excludes halogenated alkanes) is 38. The highest BCUT2D eigenvalue weighted by Gasteiger charge is 2.44. The van der Waals surface area contributed by atoms with Gasteiger partial charge in [0.05, 0.1) is 25.4 Å². The van der Waals surface area contributed by atoms with Crippen molar-refractivity contribution in [3.05, 3.63) is 24.3 Å². The van der Waals surface area contributed by atoms with Crippen molar-refractivity contribution < 1.29 is 50.0 Å². The van der Waals surface area contributed by atoms with Gasteiger partial charge in [0.2, 0.25) is 5.91 Å². The first-order chi connectivity index (χ1) is 35.7. The average Bonchev–Trinajstić information content (AvgIpc) is 3.39. The number of nitrogens with one attached hydrogen (secondary N) is 1. The molecule has 8 N–H and O–H groups in total. The van der Waals surface area contributed by atoms with Crippen LogP contribution in [0.25, 0.3) is 0 Å². The molecule has 0 saturated carbocycles. The molecule has 11 nitrogen and oxygen atoms in total.